The molecule has 0 radical (unpaired) electrons. The maximum Gasteiger partial charge on any atom is 0.246 e. The van der Waals surface area contributed by atoms with E-state index in [1.807, 2.05) is 30.0 Å². The molecule has 1 saturated heterocycles. The van der Waals surface area contributed by atoms with Crippen LogP contribution in [0.4, 0.5) is 0 Å². The van der Waals surface area contributed by atoms with E-state index in [-0.39, 0.29) is 11.8 Å². The fourth-order valence-electron chi connectivity index (χ4n) is 2.33. The van der Waals surface area contributed by atoms with Crippen LogP contribution in [0.1, 0.15) is 18.2 Å². The van der Waals surface area contributed by atoms with Crippen LogP contribution in [0.25, 0.3) is 6.08 Å². The van der Waals surface area contributed by atoms with Gasteiger partial charge in [-0.05, 0) is 40.6 Å². The number of rotatable bonds is 6. The summed E-state index contributed by atoms with van der Waals surface area (Å²) in [6.45, 7) is 5.99. The smallest absolute Gasteiger partial charge is 0.246 e. The molecule has 0 saturated carbocycles. The summed E-state index contributed by atoms with van der Waals surface area (Å²) in [7, 11) is 0. The highest BCUT2D eigenvalue weighted by molar-refractivity contribution is 9.11. The van der Waals surface area contributed by atoms with Crippen LogP contribution in [0.15, 0.2) is 22.0 Å². The minimum atomic E-state index is 0.0320. The molecule has 1 aliphatic rings. The Bertz CT molecular complexity index is 565. The maximum atomic E-state index is 12.2. The Hall–Kier alpha value is -1.18. The zero-order valence-corrected chi connectivity index (χ0v) is 15.7. The normalized spacial score (nSPS) is 16.0. The summed E-state index contributed by atoms with van der Waals surface area (Å²) in [6.07, 6.45) is 4.42. The predicted octanol–water partition coefficient (Wildman–Crippen LogP) is 2.19. The Morgan fingerprint density at radius 3 is 2.65 bits per heavy atom. The van der Waals surface area contributed by atoms with Crippen molar-refractivity contribution >= 4 is 45.2 Å². The molecular formula is C16H22BrN3O2S. The molecule has 2 rings (SSSR count). The molecule has 0 atom stereocenters. The second-order valence-electron chi connectivity index (χ2n) is 5.43. The monoisotopic (exact) mass is 399 g/mol. The zero-order valence-electron chi connectivity index (χ0n) is 13.3. The molecule has 1 N–H and O–H groups in total. The van der Waals surface area contributed by atoms with Crippen molar-refractivity contribution < 1.29 is 9.59 Å². The average molecular weight is 400 g/mol. The number of nitrogens with zero attached hydrogens (tertiary/aromatic N) is 2. The largest absolute Gasteiger partial charge is 0.355 e. The van der Waals surface area contributed by atoms with Crippen LogP contribution in [0.3, 0.4) is 0 Å². The van der Waals surface area contributed by atoms with Gasteiger partial charge in [0.2, 0.25) is 11.8 Å². The molecule has 0 aromatic carbocycles. The van der Waals surface area contributed by atoms with E-state index in [1.165, 1.54) is 0 Å². The van der Waals surface area contributed by atoms with Crippen LogP contribution in [-0.2, 0) is 9.59 Å². The maximum absolute atomic E-state index is 12.2. The van der Waals surface area contributed by atoms with Gasteiger partial charge in [-0.1, -0.05) is 6.92 Å². The van der Waals surface area contributed by atoms with E-state index in [0.29, 0.717) is 19.6 Å². The van der Waals surface area contributed by atoms with Gasteiger partial charge in [-0.25, -0.2) is 0 Å². The van der Waals surface area contributed by atoms with Gasteiger partial charge in [-0.2, -0.15) is 0 Å². The van der Waals surface area contributed by atoms with Crippen molar-refractivity contribution in [2.24, 2.45) is 0 Å². The van der Waals surface area contributed by atoms with Gasteiger partial charge in [0, 0.05) is 43.7 Å². The van der Waals surface area contributed by atoms with Crippen LogP contribution in [0.2, 0.25) is 0 Å². The predicted molar refractivity (Wildman–Crippen MR) is 97.4 cm³/mol. The number of nitrogens with one attached hydrogen (secondary N) is 1. The number of hydrogen-bond donors (Lipinski definition) is 1. The van der Waals surface area contributed by atoms with E-state index in [0.717, 1.165) is 34.7 Å². The third kappa shape index (κ3) is 6.08. The Morgan fingerprint density at radius 2 is 2.04 bits per heavy atom. The minimum absolute atomic E-state index is 0.0320. The van der Waals surface area contributed by atoms with Crippen LogP contribution in [-0.4, -0.2) is 60.9 Å². The molecule has 0 unspecified atom stereocenters. The van der Waals surface area contributed by atoms with Gasteiger partial charge >= 0.3 is 0 Å². The van der Waals surface area contributed by atoms with E-state index in [4.69, 9.17) is 0 Å². The van der Waals surface area contributed by atoms with E-state index in [1.54, 1.807) is 17.4 Å². The Balaban J connectivity index is 1.74. The van der Waals surface area contributed by atoms with E-state index >= 15 is 0 Å². The molecule has 23 heavy (non-hydrogen) atoms. The SMILES string of the molecule is CCCNC(=O)CN1CCN(C(=O)/C=C/c2ccc(Br)s2)CC1. The topological polar surface area (TPSA) is 52.7 Å². The quantitative estimate of drug-likeness (QED) is 0.745. The molecular weight excluding hydrogens is 378 g/mol. The fourth-order valence-corrected chi connectivity index (χ4v) is 3.65. The third-order valence-corrected chi connectivity index (χ3v) is 5.20. The molecule has 1 fully saturated rings. The molecule has 0 spiro atoms. The fraction of sp³-hybridized carbons (Fsp3) is 0.500. The van der Waals surface area contributed by atoms with Crippen LogP contribution in [0, 0.1) is 0 Å². The van der Waals surface area contributed by atoms with E-state index < -0.39 is 0 Å². The summed E-state index contributed by atoms with van der Waals surface area (Å²) in [6, 6.07) is 3.95. The molecule has 0 bridgehead atoms. The molecule has 1 aliphatic heterocycles. The number of thiophene rings is 1. The summed E-state index contributed by atoms with van der Waals surface area (Å²) < 4.78 is 1.06. The molecule has 2 heterocycles. The Morgan fingerprint density at radius 1 is 1.30 bits per heavy atom. The molecule has 1 aromatic heterocycles. The molecule has 1 aromatic rings. The van der Waals surface area contributed by atoms with Crippen molar-refractivity contribution in [3.05, 3.63) is 26.9 Å². The average Bonchev–Trinajstić information content (AvgIpc) is 2.97. The summed E-state index contributed by atoms with van der Waals surface area (Å²) >= 11 is 5.01. The molecule has 5 nitrogen and oxygen atoms in total. The van der Waals surface area contributed by atoms with Crippen molar-refractivity contribution in [2.75, 3.05) is 39.3 Å². The van der Waals surface area contributed by atoms with Crippen LogP contribution in [0.5, 0.6) is 0 Å². The number of halogens is 1. The molecule has 0 aliphatic carbocycles. The lowest BCUT2D eigenvalue weighted by Gasteiger charge is -2.33. The summed E-state index contributed by atoms with van der Waals surface area (Å²) in [5.74, 6) is 0.0967. The first-order chi connectivity index (χ1) is 11.1. The lowest BCUT2D eigenvalue weighted by Crippen LogP contribution is -2.50. The lowest BCUT2D eigenvalue weighted by molar-refractivity contribution is -0.128. The summed E-state index contributed by atoms with van der Waals surface area (Å²) in [4.78, 5) is 28.9. The number of piperazine rings is 1. The second-order valence-corrected chi connectivity index (χ2v) is 7.92. The van der Waals surface area contributed by atoms with Crippen molar-refractivity contribution in [2.45, 2.75) is 13.3 Å². The molecule has 126 valence electrons. The van der Waals surface area contributed by atoms with Crippen molar-refractivity contribution in [1.82, 2.24) is 15.1 Å². The van der Waals surface area contributed by atoms with Gasteiger partial charge in [0.25, 0.3) is 0 Å². The lowest BCUT2D eigenvalue weighted by atomic mass is 10.3. The number of amides is 2. The number of carbonyl (C=O) groups excluding carboxylic acids is 2. The first-order valence-corrected chi connectivity index (χ1v) is 9.41. The van der Waals surface area contributed by atoms with Crippen molar-refractivity contribution in [3.8, 4) is 0 Å². The Labute approximate surface area is 149 Å². The van der Waals surface area contributed by atoms with Gasteiger partial charge < -0.3 is 10.2 Å². The van der Waals surface area contributed by atoms with Crippen LogP contribution >= 0.6 is 27.3 Å². The molecule has 7 heteroatoms. The van der Waals surface area contributed by atoms with E-state index in [2.05, 4.69) is 26.1 Å². The third-order valence-electron chi connectivity index (χ3n) is 3.61. The molecule has 2 amide bonds. The van der Waals surface area contributed by atoms with Gasteiger partial charge in [0.15, 0.2) is 0 Å². The van der Waals surface area contributed by atoms with Gasteiger partial charge in [-0.3, -0.25) is 14.5 Å². The zero-order chi connectivity index (χ0) is 16.7. The van der Waals surface area contributed by atoms with Crippen molar-refractivity contribution in [1.29, 1.82) is 0 Å². The van der Waals surface area contributed by atoms with E-state index in [9.17, 15) is 9.59 Å². The first-order valence-electron chi connectivity index (χ1n) is 7.80. The summed E-state index contributed by atoms with van der Waals surface area (Å²) in [5.41, 5.74) is 0. The van der Waals surface area contributed by atoms with Gasteiger partial charge in [0.05, 0.1) is 10.3 Å². The van der Waals surface area contributed by atoms with Crippen molar-refractivity contribution in [3.63, 3.8) is 0 Å². The number of hydrogen-bond acceptors (Lipinski definition) is 4. The highest BCUT2D eigenvalue weighted by Crippen LogP contribution is 2.23. The summed E-state index contributed by atoms with van der Waals surface area (Å²) in [5, 5.41) is 2.88. The highest BCUT2D eigenvalue weighted by Gasteiger charge is 2.20. The van der Waals surface area contributed by atoms with Gasteiger partial charge in [-0.15, -0.1) is 11.3 Å². The minimum Gasteiger partial charge on any atom is -0.355 e. The standard InChI is InChI=1S/C16H22BrN3O2S/c1-2-7-18-15(21)12-19-8-10-20(11-9-19)16(22)6-4-13-3-5-14(17)23-13/h3-6H,2,7-12H2,1H3,(H,18,21)/b6-4+. The number of carbonyl (C=O) groups is 2. The Kier molecular flexibility index (Phi) is 7.26. The van der Waals surface area contributed by atoms with Crippen LogP contribution < -0.4 is 5.32 Å². The second kappa shape index (κ2) is 9.20. The van der Waals surface area contributed by atoms with Gasteiger partial charge in [0.1, 0.15) is 0 Å². The highest BCUT2D eigenvalue weighted by atomic mass is 79.9. The first kappa shape index (κ1) is 18.2.